The highest BCUT2D eigenvalue weighted by molar-refractivity contribution is 5.82. The fourth-order valence-corrected chi connectivity index (χ4v) is 5.26. The maximum Gasteiger partial charge on any atom is 0.239 e. The van der Waals surface area contributed by atoms with Crippen molar-refractivity contribution in [1.29, 1.82) is 0 Å². The largest absolute Gasteiger partial charge is 0.390 e. The van der Waals surface area contributed by atoms with E-state index in [1.165, 1.54) is 0 Å². The van der Waals surface area contributed by atoms with Gasteiger partial charge in [-0.3, -0.25) is 4.79 Å². The number of aliphatic hydroxyl groups excluding tert-OH is 2. The zero-order valence-electron chi connectivity index (χ0n) is 19.6. The fraction of sp³-hybridized carbons (Fsp3) is 0.696. The number of aliphatic hydroxyl groups is 3. The second kappa shape index (κ2) is 10.1. The monoisotopic (exact) mass is 480 g/mol. The van der Waals surface area contributed by atoms with Crippen LogP contribution in [0.2, 0.25) is 0 Å². The number of nitrogens with two attached hydrogens (primary N) is 1. The van der Waals surface area contributed by atoms with Crippen molar-refractivity contribution >= 4 is 5.91 Å². The molecule has 0 aromatic heterocycles. The minimum atomic E-state index is -2.04. The maximum atomic E-state index is 12.9. The topological polar surface area (TPSA) is 168 Å². The molecule has 0 bridgehead atoms. The minimum absolute atomic E-state index is 0.256. The van der Waals surface area contributed by atoms with Gasteiger partial charge in [-0.05, 0) is 39.4 Å². The van der Waals surface area contributed by atoms with Gasteiger partial charge in [0.2, 0.25) is 18.0 Å². The number of hydrogen-bond donors (Lipinski definition) is 7. The molecule has 1 amide bonds. The van der Waals surface area contributed by atoms with E-state index in [0.29, 0.717) is 6.42 Å². The molecule has 3 fully saturated rings. The number of carbonyl (C=O) groups excluding carboxylic acids is 1. The highest BCUT2D eigenvalue weighted by Crippen LogP contribution is 2.41. The number of fused-ring (bicyclic) bond motifs is 2. The number of carbonyl (C=O) groups is 1. The first-order valence-corrected chi connectivity index (χ1v) is 11.7. The first-order chi connectivity index (χ1) is 16.2. The number of amides is 1. The Bertz CT molecular complexity index is 848. The second-order valence-electron chi connectivity index (χ2n) is 9.42. The Morgan fingerprint density at radius 1 is 1.12 bits per heavy atom. The Balaban J connectivity index is 1.53. The molecule has 3 aliphatic rings. The van der Waals surface area contributed by atoms with Crippen molar-refractivity contribution in [3.8, 4) is 0 Å². The first kappa shape index (κ1) is 25.4. The molecule has 1 aromatic carbocycles. The molecule has 34 heavy (non-hydrogen) atoms. The van der Waals surface area contributed by atoms with Crippen LogP contribution in [-0.2, 0) is 25.4 Å². The first-order valence-electron chi connectivity index (χ1n) is 11.7. The van der Waals surface area contributed by atoms with Gasteiger partial charge in [0.15, 0.2) is 0 Å². The van der Waals surface area contributed by atoms with E-state index >= 15 is 0 Å². The summed E-state index contributed by atoms with van der Waals surface area (Å²) in [5, 5.41) is 41.9. The predicted molar refractivity (Wildman–Crippen MR) is 121 cm³/mol. The van der Waals surface area contributed by atoms with Crippen LogP contribution in [0.15, 0.2) is 30.3 Å². The van der Waals surface area contributed by atoms with Gasteiger partial charge in [-0.25, -0.2) is 0 Å². The molecular weight excluding hydrogens is 444 g/mol. The average molecular weight is 481 g/mol. The van der Waals surface area contributed by atoms with Crippen molar-refractivity contribution in [3.05, 3.63) is 35.9 Å². The SMILES string of the molecule is CN[C@@H]1[C@H](O)[C@H](NC)C2O[C@]3(O)C(OC2[C@@H]1O)O[C@H](C)C[C@H]3NC(=O)[C@@H](N)Cc1ccccc1. The molecule has 0 spiro atoms. The van der Waals surface area contributed by atoms with Crippen LogP contribution in [0.5, 0.6) is 0 Å². The summed E-state index contributed by atoms with van der Waals surface area (Å²) in [5.41, 5.74) is 7.07. The van der Waals surface area contributed by atoms with E-state index < -0.39 is 66.6 Å². The molecule has 11 atom stereocenters. The molecule has 190 valence electrons. The van der Waals surface area contributed by atoms with Crippen LogP contribution in [0, 0.1) is 0 Å². The normalized spacial score (nSPS) is 42.9. The molecule has 11 heteroatoms. The number of nitrogens with one attached hydrogen (secondary N) is 3. The van der Waals surface area contributed by atoms with Gasteiger partial charge in [-0.1, -0.05) is 30.3 Å². The van der Waals surface area contributed by atoms with Crippen molar-refractivity contribution < 1.29 is 34.3 Å². The Hall–Kier alpha value is -1.67. The van der Waals surface area contributed by atoms with E-state index in [1.54, 1.807) is 21.0 Å². The summed E-state index contributed by atoms with van der Waals surface area (Å²) in [5.74, 6) is -2.48. The molecule has 11 nitrogen and oxygen atoms in total. The molecule has 4 rings (SSSR count). The van der Waals surface area contributed by atoms with Gasteiger partial charge >= 0.3 is 0 Å². The van der Waals surface area contributed by atoms with Crippen molar-refractivity contribution in [2.24, 2.45) is 5.73 Å². The molecule has 1 aliphatic carbocycles. The van der Waals surface area contributed by atoms with Crippen LogP contribution in [0.1, 0.15) is 18.9 Å². The second-order valence-corrected chi connectivity index (χ2v) is 9.42. The third-order valence-electron chi connectivity index (χ3n) is 7.10. The molecule has 3 unspecified atom stereocenters. The summed E-state index contributed by atoms with van der Waals surface area (Å²) in [7, 11) is 3.28. The summed E-state index contributed by atoms with van der Waals surface area (Å²) in [4.78, 5) is 12.9. The zero-order chi connectivity index (χ0) is 24.6. The Kier molecular flexibility index (Phi) is 7.58. The van der Waals surface area contributed by atoms with Crippen LogP contribution >= 0.6 is 0 Å². The van der Waals surface area contributed by atoms with Gasteiger partial charge in [0, 0.05) is 0 Å². The lowest BCUT2D eigenvalue weighted by molar-refractivity contribution is -0.449. The van der Waals surface area contributed by atoms with E-state index in [2.05, 4.69) is 16.0 Å². The van der Waals surface area contributed by atoms with Gasteiger partial charge in [0.1, 0.15) is 18.3 Å². The highest BCUT2D eigenvalue weighted by atomic mass is 16.8. The third kappa shape index (κ3) is 4.60. The van der Waals surface area contributed by atoms with Crippen molar-refractivity contribution in [2.75, 3.05) is 14.1 Å². The van der Waals surface area contributed by atoms with Gasteiger partial charge in [-0.2, -0.15) is 0 Å². The van der Waals surface area contributed by atoms with Gasteiger partial charge in [0.25, 0.3) is 0 Å². The summed E-state index contributed by atoms with van der Waals surface area (Å²) >= 11 is 0. The van der Waals surface area contributed by atoms with E-state index in [4.69, 9.17) is 19.9 Å². The molecule has 2 saturated heterocycles. The van der Waals surface area contributed by atoms with E-state index in [-0.39, 0.29) is 12.5 Å². The third-order valence-corrected chi connectivity index (χ3v) is 7.10. The van der Waals surface area contributed by atoms with Crippen LogP contribution in [-0.4, -0.2) is 102 Å². The predicted octanol–water partition coefficient (Wildman–Crippen LogP) is -2.44. The quantitative estimate of drug-likeness (QED) is 0.232. The summed E-state index contributed by atoms with van der Waals surface area (Å²) in [6.45, 7) is 1.80. The zero-order valence-corrected chi connectivity index (χ0v) is 19.6. The van der Waals surface area contributed by atoms with E-state index in [1.807, 2.05) is 30.3 Å². The van der Waals surface area contributed by atoms with Gasteiger partial charge < -0.3 is 51.2 Å². The fourth-order valence-electron chi connectivity index (χ4n) is 5.26. The molecule has 8 N–H and O–H groups in total. The molecule has 2 heterocycles. The lowest BCUT2D eigenvalue weighted by atomic mass is 9.79. The van der Waals surface area contributed by atoms with Crippen molar-refractivity contribution in [3.63, 3.8) is 0 Å². The number of likely N-dealkylation sites (N-methyl/N-ethyl adjacent to an activating group) is 2. The number of rotatable bonds is 6. The van der Waals surface area contributed by atoms with Gasteiger partial charge in [0.05, 0.1) is 36.4 Å². The Labute approximate surface area is 198 Å². The van der Waals surface area contributed by atoms with Crippen LogP contribution in [0.25, 0.3) is 0 Å². The van der Waals surface area contributed by atoms with Crippen molar-refractivity contribution in [2.45, 2.75) is 86.5 Å². The number of hydrogen-bond acceptors (Lipinski definition) is 10. The Morgan fingerprint density at radius 2 is 1.79 bits per heavy atom. The van der Waals surface area contributed by atoms with Crippen LogP contribution in [0.4, 0.5) is 0 Å². The average Bonchev–Trinajstić information content (AvgIpc) is 2.80. The lowest BCUT2D eigenvalue weighted by Crippen LogP contribution is -2.79. The molecule has 2 aliphatic heterocycles. The summed E-state index contributed by atoms with van der Waals surface area (Å²) in [6.07, 6.45) is -4.97. The maximum absolute atomic E-state index is 12.9. The summed E-state index contributed by atoms with van der Waals surface area (Å²) in [6, 6.07) is 6.36. The van der Waals surface area contributed by atoms with Crippen LogP contribution < -0.4 is 21.7 Å². The lowest BCUT2D eigenvalue weighted by Gasteiger charge is -2.58. The van der Waals surface area contributed by atoms with Crippen molar-refractivity contribution in [1.82, 2.24) is 16.0 Å². The Morgan fingerprint density at radius 3 is 2.44 bits per heavy atom. The van der Waals surface area contributed by atoms with Crippen LogP contribution in [0.3, 0.4) is 0 Å². The number of benzene rings is 1. The molecular formula is C23H36N4O7. The minimum Gasteiger partial charge on any atom is -0.390 e. The molecule has 0 radical (unpaired) electrons. The van der Waals surface area contributed by atoms with E-state index in [9.17, 15) is 20.1 Å². The molecule has 1 aromatic rings. The van der Waals surface area contributed by atoms with Gasteiger partial charge in [-0.15, -0.1) is 0 Å². The highest BCUT2D eigenvalue weighted by Gasteiger charge is 2.63. The molecule has 1 saturated carbocycles. The van der Waals surface area contributed by atoms with E-state index in [0.717, 1.165) is 5.56 Å². The smallest absolute Gasteiger partial charge is 0.239 e. The standard InChI is InChI=1S/C23H36N4O7/c1-11-9-14(27-21(30)13(24)10-12-7-5-4-6-8-12)23(31)22(32-11)33-20-18(29)15(25-2)17(28)16(26-3)19(20)34-23/h4-8,11,13-20,22,25-26,28-29,31H,9-10,24H2,1-3H3,(H,27,30)/t11-,13+,14-,15-,16+,17+,18-,19?,20?,22?,23+/m1/s1. The summed E-state index contributed by atoms with van der Waals surface area (Å²) < 4.78 is 18.0. The number of ether oxygens (including phenoxy) is 3.